The molecule has 1 aromatic rings. The van der Waals surface area contributed by atoms with Crippen molar-refractivity contribution in [3.8, 4) is 0 Å². The van der Waals surface area contributed by atoms with Crippen LogP contribution in [0.2, 0.25) is 0 Å². The lowest BCUT2D eigenvalue weighted by Crippen LogP contribution is -2.24. The van der Waals surface area contributed by atoms with Crippen LogP contribution in [-0.2, 0) is 0 Å². The van der Waals surface area contributed by atoms with E-state index < -0.39 is 0 Å². The van der Waals surface area contributed by atoms with Gasteiger partial charge in [-0.3, -0.25) is 15.0 Å². The Morgan fingerprint density at radius 1 is 1.31 bits per heavy atom. The molecule has 1 aliphatic heterocycles. The van der Waals surface area contributed by atoms with Gasteiger partial charge in [-0.1, -0.05) is 44.9 Å². The molecule has 1 saturated carbocycles. The minimum atomic E-state index is 0.135. The molecule has 1 fully saturated rings. The minimum Gasteiger partial charge on any atom is -0.401 e. The molecule has 3 N–H and O–H groups in total. The zero-order valence-corrected chi connectivity index (χ0v) is 21.8. The minimum absolute atomic E-state index is 0.135. The number of hydrogen-bond acceptors (Lipinski definition) is 6. The maximum Gasteiger partial charge on any atom is 0.0576 e. The fourth-order valence-electron chi connectivity index (χ4n) is 5.79. The van der Waals surface area contributed by atoms with Gasteiger partial charge in [-0.2, -0.15) is 5.10 Å². The number of nitrogens with zero attached hydrogens (tertiary/aromatic N) is 4. The number of pyridine rings is 1. The lowest BCUT2D eigenvalue weighted by Gasteiger charge is -2.28. The van der Waals surface area contributed by atoms with E-state index in [9.17, 15) is 0 Å². The number of rotatable bonds is 9. The van der Waals surface area contributed by atoms with Crippen LogP contribution in [0.5, 0.6) is 0 Å². The predicted octanol–water partition coefficient (Wildman–Crippen LogP) is 5.43. The normalized spacial score (nSPS) is 23.3. The van der Waals surface area contributed by atoms with Crippen molar-refractivity contribution < 1.29 is 0 Å². The average Bonchev–Trinajstić information content (AvgIpc) is 3.31. The summed E-state index contributed by atoms with van der Waals surface area (Å²) in [4.78, 5) is 10.3. The van der Waals surface area contributed by atoms with E-state index in [0.717, 1.165) is 49.4 Å². The first-order valence-corrected chi connectivity index (χ1v) is 13.3. The summed E-state index contributed by atoms with van der Waals surface area (Å²) in [5, 5.41) is 9.64. The fourth-order valence-corrected chi connectivity index (χ4v) is 5.79. The first-order valence-electron chi connectivity index (χ1n) is 13.3. The monoisotopic (exact) mass is 474 g/mol. The molecule has 0 amide bonds. The van der Waals surface area contributed by atoms with Crippen LogP contribution in [0.3, 0.4) is 0 Å². The summed E-state index contributed by atoms with van der Waals surface area (Å²) in [7, 11) is 2.01. The molecule has 0 aromatic carbocycles. The molecule has 2 atom stereocenters. The highest BCUT2D eigenvalue weighted by molar-refractivity contribution is 6.01. The summed E-state index contributed by atoms with van der Waals surface area (Å²) in [6.45, 7) is 9.86. The zero-order chi connectivity index (χ0) is 24.8. The third-order valence-corrected chi connectivity index (χ3v) is 7.59. The number of aryl methyl sites for hydroxylation is 1. The third-order valence-electron chi connectivity index (χ3n) is 7.59. The second kappa shape index (κ2) is 11.7. The SMILES string of the molecule is C=CNCCC(=NC1CCCCC1)C(CC)=C(N)C1CC=Cc2cc(C3C=NN(C)C3)nc(C)c21. The highest BCUT2D eigenvalue weighted by atomic mass is 15.4. The highest BCUT2D eigenvalue weighted by Gasteiger charge is 2.28. The molecule has 6 heteroatoms. The van der Waals surface area contributed by atoms with Crippen LogP contribution in [0.1, 0.15) is 92.6 Å². The standard InChI is InChI=1S/C29H42N6/c1-5-24(26(15-16-31-6-2)34-23-12-8-7-9-13-23)29(30)25-14-10-11-21-17-27(33-20(3)28(21)25)22-18-32-35(4)19-22/h6,10-11,17-18,22-23,25,31H,2,5,7-9,12-16,19,30H2,1,3-4H3. The Kier molecular flexibility index (Phi) is 8.42. The van der Waals surface area contributed by atoms with Gasteiger partial charge in [0, 0.05) is 55.8 Å². The number of likely N-dealkylation sites (N-methyl/N-ethyl adjacent to an activating group) is 1. The first kappa shape index (κ1) is 25.2. The van der Waals surface area contributed by atoms with Gasteiger partial charge in [0.05, 0.1) is 17.7 Å². The smallest absolute Gasteiger partial charge is 0.0576 e. The van der Waals surface area contributed by atoms with Crippen molar-refractivity contribution >= 4 is 18.0 Å². The van der Waals surface area contributed by atoms with Crippen molar-refractivity contribution in [3.63, 3.8) is 0 Å². The number of fused-ring (bicyclic) bond motifs is 1. The van der Waals surface area contributed by atoms with Crippen molar-refractivity contribution in [2.45, 2.75) is 83.1 Å². The lowest BCUT2D eigenvalue weighted by atomic mass is 9.81. The highest BCUT2D eigenvalue weighted by Crippen LogP contribution is 2.38. The van der Waals surface area contributed by atoms with Gasteiger partial charge in [-0.15, -0.1) is 0 Å². The van der Waals surface area contributed by atoms with Gasteiger partial charge in [0.1, 0.15) is 0 Å². The average molecular weight is 475 g/mol. The van der Waals surface area contributed by atoms with E-state index >= 15 is 0 Å². The summed E-state index contributed by atoms with van der Waals surface area (Å²) in [6.07, 6.45) is 17.2. The summed E-state index contributed by atoms with van der Waals surface area (Å²) < 4.78 is 0. The van der Waals surface area contributed by atoms with Crippen molar-refractivity contribution in [1.29, 1.82) is 0 Å². The second-order valence-electron chi connectivity index (χ2n) is 10.1. The summed E-state index contributed by atoms with van der Waals surface area (Å²) in [5.74, 6) is 0.374. The Balaban J connectivity index is 1.69. The molecule has 188 valence electrons. The van der Waals surface area contributed by atoms with E-state index in [4.69, 9.17) is 15.7 Å². The summed E-state index contributed by atoms with van der Waals surface area (Å²) >= 11 is 0. The number of nitrogens with two attached hydrogens (primary N) is 1. The van der Waals surface area contributed by atoms with Gasteiger partial charge in [0.25, 0.3) is 0 Å². The van der Waals surface area contributed by atoms with E-state index in [0.29, 0.717) is 6.04 Å². The summed E-state index contributed by atoms with van der Waals surface area (Å²) in [5.41, 5.74) is 15.1. The third kappa shape index (κ3) is 5.85. The van der Waals surface area contributed by atoms with Gasteiger partial charge < -0.3 is 11.1 Å². The Morgan fingerprint density at radius 2 is 2.11 bits per heavy atom. The molecule has 2 unspecified atom stereocenters. The molecule has 2 heterocycles. The molecular weight excluding hydrogens is 432 g/mol. The van der Waals surface area contributed by atoms with Gasteiger partial charge in [0.15, 0.2) is 0 Å². The van der Waals surface area contributed by atoms with E-state index in [1.54, 1.807) is 6.20 Å². The van der Waals surface area contributed by atoms with Crippen LogP contribution in [0.4, 0.5) is 0 Å². The fraction of sp³-hybridized carbons (Fsp3) is 0.552. The Bertz CT molecular complexity index is 1030. The molecule has 0 spiro atoms. The van der Waals surface area contributed by atoms with Crippen LogP contribution >= 0.6 is 0 Å². The molecule has 6 nitrogen and oxygen atoms in total. The maximum atomic E-state index is 7.04. The van der Waals surface area contributed by atoms with Crippen molar-refractivity contribution in [3.05, 3.63) is 58.7 Å². The van der Waals surface area contributed by atoms with Crippen LogP contribution < -0.4 is 11.1 Å². The van der Waals surface area contributed by atoms with Crippen LogP contribution in [0, 0.1) is 6.92 Å². The van der Waals surface area contributed by atoms with Gasteiger partial charge >= 0.3 is 0 Å². The number of aliphatic imine (C=N–C) groups is 1. The van der Waals surface area contributed by atoms with Gasteiger partial charge in [0.2, 0.25) is 0 Å². The van der Waals surface area contributed by atoms with E-state index in [1.807, 2.05) is 18.3 Å². The molecule has 3 aliphatic rings. The maximum absolute atomic E-state index is 7.04. The second-order valence-corrected chi connectivity index (χ2v) is 10.1. The molecule has 0 radical (unpaired) electrons. The van der Waals surface area contributed by atoms with Gasteiger partial charge in [-0.05, 0) is 61.6 Å². The number of allylic oxidation sites excluding steroid dienone is 3. The van der Waals surface area contributed by atoms with Crippen LogP contribution in [-0.4, -0.2) is 48.1 Å². The first-order chi connectivity index (χ1) is 17.0. The van der Waals surface area contributed by atoms with Crippen molar-refractivity contribution in [2.75, 3.05) is 20.1 Å². The quantitative estimate of drug-likeness (QED) is 0.370. The molecular formula is C29H42N6. The Morgan fingerprint density at radius 3 is 2.80 bits per heavy atom. The van der Waals surface area contributed by atoms with Crippen LogP contribution in [0.15, 0.2) is 46.3 Å². The Hall–Kier alpha value is -2.89. The molecule has 0 bridgehead atoms. The number of aromatic nitrogens is 1. The molecule has 4 rings (SSSR count). The topological polar surface area (TPSA) is 78.9 Å². The predicted molar refractivity (Wildman–Crippen MR) is 148 cm³/mol. The number of nitrogens with one attached hydrogen (secondary N) is 1. The van der Waals surface area contributed by atoms with E-state index in [2.05, 4.69) is 49.1 Å². The number of hydrazone groups is 1. The molecule has 1 aromatic heterocycles. The molecule has 0 saturated heterocycles. The molecule has 2 aliphatic carbocycles. The van der Waals surface area contributed by atoms with Crippen molar-refractivity contribution in [2.24, 2.45) is 15.8 Å². The van der Waals surface area contributed by atoms with Crippen LogP contribution in [0.25, 0.3) is 6.08 Å². The zero-order valence-electron chi connectivity index (χ0n) is 21.8. The van der Waals surface area contributed by atoms with E-state index in [1.165, 1.54) is 54.5 Å². The lowest BCUT2D eigenvalue weighted by molar-refractivity contribution is 0.380. The summed E-state index contributed by atoms with van der Waals surface area (Å²) in [6, 6.07) is 2.66. The van der Waals surface area contributed by atoms with Gasteiger partial charge in [-0.25, -0.2) is 0 Å². The van der Waals surface area contributed by atoms with Crippen molar-refractivity contribution in [1.82, 2.24) is 15.3 Å². The Labute approximate surface area is 211 Å². The number of hydrogen-bond donors (Lipinski definition) is 2. The van der Waals surface area contributed by atoms with E-state index in [-0.39, 0.29) is 11.8 Å². The largest absolute Gasteiger partial charge is 0.401 e. The molecule has 35 heavy (non-hydrogen) atoms.